The lowest BCUT2D eigenvalue weighted by molar-refractivity contribution is -0.121. The minimum atomic E-state index is -1.40. The predicted octanol–water partition coefficient (Wildman–Crippen LogP) is -2.35. The van der Waals surface area contributed by atoms with Crippen LogP contribution in [-0.2, 0) is 30.7 Å². The molecule has 166 valence electrons. The van der Waals surface area contributed by atoms with E-state index >= 15 is 0 Å². The Morgan fingerprint density at radius 1 is 1.31 bits per heavy atom. The molecule has 3 aromatic rings. The van der Waals surface area contributed by atoms with Gasteiger partial charge in [0, 0.05) is 6.54 Å². The van der Waals surface area contributed by atoms with Gasteiger partial charge in [0.2, 0.25) is 5.91 Å². The van der Waals surface area contributed by atoms with Gasteiger partial charge in [-0.3, -0.25) is 9.48 Å². The van der Waals surface area contributed by atoms with Crippen LogP contribution in [0.15, 0.2) is 24.4 Å². The molecule has 1 amide bonds. The zero-order chi connectivity index (χ0) is 22.7. The number of nitrogens with one attached hydrogen (secondary N) is 1. The van der Waals surface area contributed by atoms with Gasteiger partial charge in [-0.15, -0.1) is 10.2 Å². The fourth-order valence-corrected chi connectivity index (χ4v) is 3.40. The number of para-hydroxylation sites is 1. The van der Waals surface area contributed by atoms with Gasteiger partial charge in [-0.05, 0) is 28.5 Å². The third kappa shape index (κ3) is 4.57. The SMILES string of the molecule is NCCn1cc(Cn2nnnc2CC(=O)N[C@H]2Cc3cccc(C(=O)O)c3OB2O)nn1. The van der Waals surface area contributed by atoms with Crippen molar-refractivity contribution in [1.29, 1.82) is 0 Å². The van der Waals surface area contributed by atoms with Gasteiger partial charge in [-0.25, -0.2) is 9.48 Å². The second kappa shape index (κ2) is 9.11. The van der Waals surface area contributed by atoms with E-state index in [4.69, 9.17) is 10.4 Å². The predicted molar refractivity (Wildman–Crippen MR) is 107 cm³/mol. The van der Waals surface area contributed by atoms with Gasteiger partial charge in [0.1, 0.15) is 11.4 Å². The van der Waals surface area contributed by atoms with Crippen LogP contribution in [0.5, 0.6) is 5.75 Å². The third-order valence-corrected chi connectivity index (χ3v) is 4.88. The van der Waals surface area contributed by atoms with E-state index in [0.717, 1.165) is 0 Å². The summed E-state index contributed by atoms with van der Waals surface area (Å²) in [5.74, 6) is -1.95. The maximum Gasteiger partial charge on any atom is 0.547 e. The van der Waals surface area contributed by atoms with E-state index < -0.39 is 24.9 Å². The molecule has 0 bridgehead atoms. The van der Waals surface area contributed by atoms with Crippen molar-refractivity contribution >= 4 is 19.0 Å². The molecule has 2 aromatic heterocycles. The smallest absolute Gasteiger partial charge is 0.534 e. The first-order valence-electron chi connectivity index (χ1n) is 9.78. The summed E-state index contributed by atoms with van der Waals surface area (Å²) in [6.45, 7) is 1.18. The summed E-state index contributed by atoms with van der Waals surface area (Å²) in [6.07, 6.45) is 1.78. The highest BCUT2D eigenvalue weighted by atomic mass is 16.5. The molecule has 0 aliphatic carbocycles. The Kier molecular flexibility index (Phi) is 6.09. The molecule has 32 heavy (non-hydrogen) atoms. The average molecular weight is 441 g/mol. The number of carbonyl (C=O) groups is 2. The highest BCUT2D eigenvalue weighted by Crippen LogP contribution is 2.30. The number of aromatic carboxylic acids is 1. The monoisotopic (exact) mass is 441 g/mol. The highest BCUT2D eigenvalue weighted by molar-refractivity contribution is 6.47. The first-order chi connectivity index (χ1) is 15.4. The topological polar surface area (TPSA) is 196 Å². The molecular weight excluding hydrogens is 421 g/mol. The first kappa shape index (κ1) is 21.4. The summed E-state index contributed by atoms with van der Waals surface area (Å²) in [5.41, 5.74) is 6.63. The number of hydrogen-bond donors (Lipinski definition) is 4. The number of carboxylic acid groups (broad SMARTS) is 1. The van der Waals surface area contributed by atoms with Crippen molar-refractivity contribution in [3.63, 3.8) is 0 Å². The zero-order valence-electron chi connectivity index (χ0n) is 16.8. The lowest BCUT2D eigenvalue weighted by atomic mass is 9.72. The molecule has 3 heterocycles. The van der Waals surface area contributed by atoms with Crippen LogP contribution < -0.4 is 15.7 Å². The molecule has 5 N–H and O–H groups in total. The molecule has 1 atom stereocenters. The van der Waals surface area contributed by atoms with E-state index in [1.165, 1.54) is 10.7 Å². The van der Waals surface area contributed by atoms with Crippen LogP contribution in [0.2, 0.25) is 0 Å². The van der Waals surface area contributed by atoms with Gasteiger partial charge < -0.3 is 25.8 Å². The highest BCUT2D eigenvalue weighted by Gasteiger charge is 2.37. The van der Waals surface area contributed by atoms with Crippen LogP contribution in [0.4, 0.5) is 0 Å². The van der Waals surface area contributed by atoms with E-state index in [1.54, 1.807) is 23.0 Å². The van der Waals surface area contributed by atoms with Crippen LogP contribution in [0, 0.1) is 0 Å². The van der Waals surface area contributed by atoms with Crippen LogP contribution in [0.25, 0.3) is 0 Å². The molecule has 15 heteroatoms. The number of fused-ring (bicyclic) bond motifs is 1. The minimum Gasteiger partial charge on any atom is -0.534 e. The number of carboxylic acids is 1. The van der Waals surface area contributed by atoms with Crippen molar-refractivity contribution in [2.45, 2.75) is 31.9 Å². The van der Waals surface area contributed by atoms with Gasteiger partial charge >= 0.3 is 13.1 Å². The largest absolute Gasteiger partial charge is 0.547 e. The Morgan fingerprint density at radius 2 is 2.16 bits per heavy atom. The van der Waals surface area contributed by atoms with Crippen LogP contribution >= 0.6 is 0 Å². The number of nitrogens with zero attached hydrogens (tertiary/aromatic N) is 7. The Labute approximate surface area is 181 Å². The summed E-state index contributed by atoms with van der Waals surface area (Å²) in [7, 11) is -1.40. The van der Waals surface area contributed by atoms with Gasteiger partial charge in [0.05, 0.1) is 37.2 Å². The normalized spacial score (nSPS) is 15.2. The molecule has 1 aliphatic rings. The third-order valence-electron chi connectivity index (χ3n) is 4.88. The lowest BCUT2D eigenvalue weighted by Crippen LogP contribution is -2.53. The standard InChI is InChI=1S/C17H20BN9O5/c19-4-5-26-8-11(21-24-26)9-27-14(22-23-25-27)7-15(28)20-13-6-10-2-1-3-12(17(29)30)16(10)32-18(13)31/h1-3,8,13,31H,4-7,9,19H2,(H,20,28)(H,29,30)/t13-/m0/s1. The molecular formula is C17H20BN9O5. The molecule has 0 radical (unpaired) electrons. The molecule has 0 unspecified atom stereocenters. The van der Waals surface area contributed by atoms with E-state index in [2.05, 4.69) is 31.2 Å². The maximum absolute atomic E-state index is 12.6. The van der Waals surface area contributed by atoms with Gasteiger partial charge in [-0.2, -0.15) is 0 Å². The quantitative estimate of drug-likeness (QED) is 0.273. The van der Waals surface area contributed by atoms with Gasteiger partial charge in [0.25, 0.3) is 0 Å². The van der Waals surface area contributed by atoms with E-state index in [1.807, 2.05) is 0 Å². The fourth-order valence-electron chi connectivity index (χ4n) is 3.40. The average Bonchev–Trinajstić information content (AvgIpc) is 3.38. The summed E-state index contributed by atoms with van der Waals surface area (Å²) < 4.78 is 8.42. The van der Waals surface area contributed by atoms with Crippen molar-refractivity contribution in [1.82, 2.24) is 40.5 Å². The molecule has 14 nitrogen and oxygen atoms in total. The Balaban J connectivity index is 1.40. The number of rotatable bonds is 8. The second-order valence-corrected chi connectivity index (χ2v) is 7.18. The molecule has 0 fully saturated rings. The van der Waals surface area contributed by atoms with E-state index in [9.17, 15) is 19.7 Å². The first-order valence-corrected chi connectivity index (χ1v) is 9.78. The Morgan fingerprint density at radius 3 is 2.94 bits per heavy atom. The van der Waals surface area contributed by atoms with E-state index in [-0.39, 0.29) is 30.7 Å². The van der Waals surface area contributed by atoms with Gasteiger partial charge in [0.15, 0.2) is 5.82 Å². The molecule has 1 aliphatic heterocycles. The number of aromatic nitrogens is 7. The summed E-state index contributed by atoms with van der Waals surface area (Å²) in [5, 5.41) is 41.6. The molecule has 4 rings (SSSR count). The zero-order valence-corrected chi connectivity index (χ0v) is 16.8. The second-order valence-electron chi connectivity index (χ2n) is 7.18. The van der Waals surface area contributed by atoms with Crippen molar-refractivity contribution in [2.75, 3.05) is 6.54 Å². The van der Waals surface area contributed by atoms with Gasteiger partial charge in [-0.1, -0.05) is 17.3 Å². The molecule has 0 saturated carbocycles. The Bertz CT molecular complexity index is 1130. The van der Waals surface area contributed by atoms with Crippen molar-refractivity contribution < 1.29 is 24.4 Å². The summed E-state index contributed by atoms with van der Waals surface area (Å²) in [4.78, 5) is 23.9. The number of carbonyl (C=O) groups excluding carboxylic acids is 1. The molecule has 0 spiro atoms. The van der Waals surface area contributed by atoms with Crippen molar-refractivity contribution in [2.24, 2.45) is 5.73 Å². The summed E-state index contributed by atoms with van der Waals surface area (Å²) in [6, 6.07) is 4.66. The number of hydrogen-bond acceptors (Lipinski definition) is 10. The lowest BCUT2D eigenvalue weighted by Gasteiger charge is -2.28. The van der Waals surface area contributed by atoms with Crippen molar-refractivity contribution in [3.05, 3.63) is 47.0 Å². The Hall–Kier alpha value is -3.85. The van der Waals surface area contributed by atoms with Crippen molar-refractivity contribution in [3.8, 4) is 5.75 Å². The number of amides is 1. The minimum absolute atomic E-state index is 0.0473. The number of tetrazole rings is 1. The van der Waals surface area contributed by atoms with Crippen LogP contribution in [0.1, 0.15) is 27.4 Å². The van der Waals surface area contributed by atoms with Crippen LogP contribution in [0.3, 0.4) is 0 Å². The van der Waals surface area contributed by atoms with E-state index in [0.29, 0.717) is 30.2 Å². The molecule has 1 aromatic carbocycles. The fraction of sp³-hybridized carbons (Fsp3) is 0.353. The molecule has 0 saturated heterocycles. The maximum atomic E-state index is 12.6. The van der Waals surface area contributed by atoms with Crippen LogP contribution in [-0.4, -0.2) is 76.8 Å². The summed E-state index contributed by atoms with van der Waals surface area (Å²) >= 11 is 0. The number of nitrogens with two attached hydrogens (primary N) is 1. The number of benzene rings is 1.